The van der Waals surface area contributed by atoms with Crippen LogP contribution in [0, 0.1) is 11.8 Å². The largest absolute Gasteiger partial charge is 0.481 e. The van der Waals surface area contributed by atoms with Gasteiger partial charge in [0, 0.05) is 32.5 Å². The smallest absolute Gasteiger partial charge is 0.326 e. The molecule has 1 aliphatic heterocycles. The van der Waals surface area contributed by atoms with Crippen LogP contribution in [0.1, 0.15) is 142 Å². The minimum Gasteiger partial charge on any atom is -0.481 e. The second kappa shape index (κ2) is 46.8. The molecule has 1 fully saturated rings. The van der Waals surface area contributed by atoms with Crippen molar-refractivity contribution in [3.8, 4) is 0 Å². The Morgan fingerprint density at radius 3 is 1.13 bits per heavy atom. The molecule has 2 rings (SSSR count). The van der Waals surface area contributed by atoms with Crippen LogP contribution in [0.4, 0.5) is 0 Å². The maximum absolute atomic E-state index is 14.7. The molecule has 1 saturated heterocycles. The number of carbonyl (C=O) groups excluding carboxylic acids is 11. The third-order valence-electron chi connectivity index (χ3n) is 15.6. The Kier molecular flexibility index (Phi) is 40.2. The lowest BCUT2D eigenvalue weighted by Gasteiger charge is -2.29. The van der Waals surface area contributed by atoms with Crippen molar-refractivity contribution in [1.82, 2.24) is 58.5 Å². The van der Waals surface area contributed by atoms with Crippen LogP contribution in [0.15, 0.2) is 45.3 Å². The van der Waals surface area contributed by atoms with Crippen molar-refractivity contribution in [2.45, 2.75) is 210 Å². The van der Waals surface area contributed by atoms with Crippen LogP contribution in [-0.2, 0) is 73.5 Å². The van der Waals surface area contributed by atoms with Gasteiger partial charge in [0.25, 0.3) is 0 Å². The number of primary amides is 1. The molecule has 1 aromatic carbocycles. The summed E-state index contributed by atoms with van der Waals surface area (Å²) in [5, 5.41) is 57.7. The second-order valence-electron chi connectivity index (χ2n) is 25.4. The zero-order valence-corrected chi connectivity index (χ0v) is 58.2. The van der Waals surface area contributed by atoms with E-state index in [0.29, 0.717) is 24.9 Å². The van der Waals surface area contributed by atoms with Crippen LogP contribution < -0.4 is 104 Å². The number of carboxylic acid groups (broad SMARTS) is 3. The number of aliphatic carboxylic acids is 3. The van der Waals surface area contributed by atoms with Gasteiger partial charge in [-0.05, 0) is 120 Å². The Labute approximate surface area is 590 Å². The van der Waals surface area contributed by atoms with Gasteiger partial charge >= 0.3 is 17.9 Å². The molecule has 0 spiro atoms. The number of guanidine groups is 3. The van der Waals surface area contributed by atoms with Crippen LogP contribution in [0.5, 0.6) is 0 Å². The molecule has 1 aliphatic rings. The molecule has 0 unspecified atom stereocenters. The van der Waals surface area contributed by atoms with Gasteiger partial charge in [-0.1, -0.05) is 58.0 Å². The van der Waals surface area contributed by atoms with E-state index >= 15 is 0 Å². The molecule has 570 valence electrons. The van der Waals surface area contributed by atoms with Gasteiger partial charge in [-0.3, -0.25) is 77.3 Å². The van der Waals surface area contributed by atoms with Crippen molar-refractivity contribution in [3.63, 3.8) is 0 Å². The van der Waals surface area contributed by atoms with Gasteiger partial charge in [0.1, 0.15) is 60.4 Å². The summed E-state index contributed by atoms with van der Waals surface area (Å²) >= 11 is 0. The van der Waals surface area contributed by atoms with Crippen molar-refractivity contribution < 1.29 is 82.4 Å². The van der Waals surface area contributed by atoms with Gasteiger partial charge in [0.15, 0.2) is 17.9 Å². The SMILES string of the molecule is CC(C)C[C@H](NC(=O)[C@H](Cc1ccccc1)NC(=O)[C@@H]1CCCN1)C(=O)N[C@@H](CC(=O)O)C(=O)N[C@@H](CCCN=C(N)N)C(=O)N[C@@H](CC(C)C)C(=O)N[C@@H](CCCN=C(N)N)C(=O)N[C@@H](CCCN=C(N)N)C(=O)N[C@@H](CC(=O)O)C(=O)N[C@@H](CCC(N)=O)C(=O)N[C@@H](CCCCN)C(=O)O. The normalized spacial score (nSPS) is 15.4. The van der Waals surface area contributed by atoms with Crippen LogP contribution in [0.3, 0.4) is 0 Å². The van der Waals surface area contributed by atoms with Crippen LogP contribution in [-0.4, -0.2) is 215 Å². The van der Waals surface area contributed by atoms with E-state index in [1.807, 2.05) is 0 Å². The Hall–Kier alpha value is -10.5. The molecule has 0 radical (unpaired) electrons. The summed E-state index contributed by atoms with van der Waals surface area (Å²) in [5.74, 6) is -17.4. The van der Waals surface area contributed by atoms with Gasteiger partial charge in [-0.15, -0.1) is 0 Å². The number of amides is 11. The van der Waals surface area contributed by atoms with Crippen LogP contribution >= 0.6 is 0 Å². The standard InChI is InChI=1S/C63H106N22O17/c1-33(2)28-42(81-52(93)39(20-13-27-75-63(70)71)78-58(99)46(32-49(89)90)85-56(97)43(29-34(3)4)82-57(98)44(30-35-14-6-5-7-15-35)83-50(91)36-17-10-24-72-36)55(96)77-37(18-11-25-73-61(66)67)51(92)76-38(19-12-26-74-62(68)69)53(94)84-45(31-48(87)88)59(100)79-40(21-22-47(65)86)54(95)80-41(60(101)102)16-8-9-23-64/h5-7,14-15,33-34,36-46,72H,8-13,16-32,64H2,1-4H3,(H2,65,86)(H,76,92)(H,77,96)(H,78,99)(H,79,100)(H,80,95)(H,81,93)(H,82,98)(H,83,91)(H,84,94)(H,85,97)(H,87,88)(H,89,90)(H,101,102)(H4,66,67,73)(H4,68,69,74)(H4,70,71,75)/t36-,37-,38-,39-,40-,41-,42-,43-,44-,45-,46-/m0/s1. The summed E-state index contributed by atoms with van der Waals surface area (Å²) in [7, 11) is 0. The summed E-state index contributed by atoms with van der Waals surface area (Å²) in [4.78, 5) is 202. The first-order chi connectivity index (χ1) is 48.1. The molecular formula is C63H106N22O17. The second-order valence-corrected chi connectivity index (χ2v) is 25.4. The van der Waals surface area contributed by atoms with Crippen molar-refractivity contribution in [2.24, 2.45) is 72.7 Å². The van der Waals surface area contributed by atoms with Gasteiger partial charge < -0.3 is 120 Å². The molecule has 1 heterocycles. The highest BCUT2D eigenvalue weighted by Crippen LogP contribution is 2.15. The summed E-state index contributed by atoms with van der Waals surface area (Å²) in [5.41, 5.74) is 44.8. The van der Waals surface area contributed by atoms with Gasteiger partial charge in [-0.25, -0.2) is 4.79 Å². The number of aliphatic imine (C=N–C) groups is 3. The third kappa shape index (κ3) is 36.0. The molecule has 11 amide bonds. The Balaban J connectivity index is 2.62. The lowest BCUT2D eigenvalue weighted by Crippen LogP contribution is -2.61. The zero-order chi connectivity index (χ0) is 76.6. The Morgan fingerprint density at radius 2 is 0.784 bits per heavy atom. The first kappa shape index (κ1) is 87.6. The van der Waals surface area contributed by atoms with E-state index in [0.717, 1.165) is 6.42 Å². The van der Waals surface area contributed by atoms with Gasteiger partial charge in [0.05, 0.1) is 18.9 Å². The van der Waals surface area contributed by atoms with E-state index in [-0.39, 0.29) is 121 Å². The van der Waals surface area contributed by atoms with Crippen molar-refractivity contribution >= 4 is 101 Å². The number of nitrogens with zero attached hydrogens (tertiary/aromatic N) is 3. The highest BCUT2D eigenvalue weighted by molar-refractivity contribution is 6.00. The minimum absolute atomic E-state index is 0.0202. The molecule has 11 atom stereocenters. The molecule has 0 aromatic heterocycles. The molecule has 102 heavy (non-hydrogen) atoms. The van der Waals surface area contributed by atoms with Crippen molar-refractivity contribution in [2.75, 3.05) is 32.7 Å². The minimum atomic E-state index is -2.03. The Morgan fingerprint density at radius 1 is 0.441 bits per heavy atom. The molecule has 0 aliphatic carbocycles. The predicted molar refractivity (Wildman–Crippen MR) is 373 cm³/mol. The number of rotatable bonds is 50. The van der Waals surface area contributed by atoms with E-state index in [2.05, 4.69) is 73.5 Å². The number of benzene rings is 1. The fourth-order valence-electron chi connectivity index (χ4n) is 10.5. The fourth-order valence-corrected chi connectivity index (χ4v) is 10.5. The molecule has 0 saturated carbocycles. The maximum atomic E-state index is 14.7. The van der Waals surface area contributed by atoms with Crippen molar-refractivity contribution in [3.05, 3.63) is 35.9 Å². The number of carbonyl (C=O) groups is 14. The number of carboxylic acids is 3. The van der Waals surface area contributed by atoms with E-state index in [1.165, 1.54) is 0 Å². The lowest BCUT2D eigenvalue weighted by atomic mass is 10.00. The average Bonchev–Trinajstić information content (AvgIpc) is 1.02. The van der Waals surface area contributed by atoms with Crippen LogP contribution in [0.25, 0.3) is 0 Å². The van der Waals surface area contributed by atoms with Crippen LogP contribution in [0.2, 0.25) is 0 Å². The summed E-state index contributed by atoms with van der Waals surface area (Å²) in [6, 6.07) is -8.00. The van der Waals surface area contributed by atoms with Gasteiger partial charge in [0.2, 0.25) is 65.0 Å². The third-order valence-corrected chi connectivity index (χ3v) is 15.6. The number of hydrogen-bond donors (Lipinski definition) is 22. The highest BCUT2D eigenvalue weighted by atomic mass is 16.4. The first-order valence-corrected chi connectivity index (χ1v) is 33.7. The maximum Gasteiger partial charge on any atom is 0.326 e. The highest BCUT2D eigenvalue weighted by Gasteiger charge is 2.38. The van der Waals surface area contributed by atoms with E-state index < -0.39 is 181 Å². The van der Waals surface area contributed by atoms with E-state index in [9.17, 15) is 82.4 Å². The molecule has 39 nitrogen and oxygen atoms in total. The fraction of sp³-hybridized carbons (Fsp3) is 0.635. The van der Waals surface area contributed by atoms with Crippen molar-refractivity contribution in [1.29, 1.82) is 0 Å². The Bertz CT molecular complexity index is 3060. The summed E-state index contributed by atoms with van der Waals surface area (Å²) in [6.45, 7) is 7.31. The molecule has 0 bridgehead atoms. The predicted octanol–water partition coefficient (Wildman–Crippen LogP) is -6.49. The monoisotopic (exact) mass is 1440 g/mol. The number of nitrogens with one attached hydrogen (secondary N) is 11. The topological polar surface area (TPSA) is 677 Å². The number of hydrogen-bond acceptors (Lipinski definition) is 19. The summed E-state index contributed by atoms with van der Waals surface area (Å²) < 4.78 is 0. The lowest BCUT2D eigenvalue weighted by molar-refractivity contribution is -0.143. The number of unbranched alkanes of at least 4 members (excludes halogenated alkanes) is 1. The van der Waals surface area contributed by atoms with E-state index in [1.54, 1.807) is 58.0 Å². The molecular weight excluding hydrogens is 1340 g/mol. The summed E-state index contributed by atoms with van der Waals surface area (Å²) in [6.07, 6.45) is -2.51. The average molecular weight is 1440 g/mol. The van der Waals surface area contributed by atoms with E-state index in [4.69, 9.17) is 45.9 Å². The zero-order valence-electron chi connectivity index (χ0n) is 58.2. The quantitative estimate of drug-likeness (QED) is 0.0164. The first-order valence-electron chi connectivity index (χ1n) is 33.7. The molecule has 1 aromatic rings. The number of nitrogens with two attached hydrogens (primary N) is 8. The molecule has 39 heteroatoms. The van der Waals surface area contributed by atoms with Gasteiger partial charge in [-0.2, -0.15) is 0 Å². The molecule has 30 N–H and O–H groups in total.